The van der Waals surface area contributed by atoms with Gasteiger partial charge in [0.2, 0.25) is 0 Å². The Morgan fingerprint density at radius 3 is 0.455 bits per heavy atom. The summed E-state index contributed by atoms with van der Waals surface area (Å²) in [6.45, 7) is 6.78. The molecule has 0 unspecified atom stereocenters. The molecule has 0 aliphatic carbocycles. The molecular formula is C48H96LaO6. The summed E-state index contributed by atoms with van der Waals surface area (Å²) in [6.07, 6.45) is 51.8. The maximum atomic E-state index is 10.3. The molecule has 0 amide bonds. The van der Waals surface area contributed by atoms with Gasteiger partial charge in [-0.15, -0.1) is 0 Å². The Hall–Kier alpha value is -0.395. The molecule has 55 heavy (non-hydrogen) atoms. The van der Waals surface area contributed by atoms with Crippen LogP contribution in [0.25, 0.3) is 0 Å². The Bertz CT molecular complexity index is 636. The van der Waals surface area contributed by atoms with E-state index in [-0.39, 0.29) is 35.6 Å². The van der Waals surface area contributed by atoms with Crippen LogP contribution in [0.5, 0.6) is 0 Å². The maximum absolute atomic E-state index is 10.3. The second kappa shape index (κ2) is 57.9. The molecule has 3 N–H and O–H groups in total. The van der Waals surface area contributed by atoms with Crippen molar-refractivity contribution in [3.8, 4) is 0 Å². The number of carbonyl (C=O) groups is 3. The van der Waals surface area contributed by atoms with Gasteiger partial charge in [-0.1, -0.05) is 252 Å². The van der Waals surface area contributed by atoms with Crippen LogP contribution in [0.15, 0.2) is 0 Å². The first kappa shape index (κ1) is 61.3. The molecule has 0 rings (SSSR count). The molecule has 0 fully saturated rings. The molecule has 0 aromatic heterocycles. The molecule has 327 valence electrons. The van der Waals surface area contributed by atoms with Crippen molar-refractivity contribution in [1.29, 1.82) is 0 Å². The van der Waals surface area contributed by atoms with Gasteiger partial charge in [0.15, 0.2) is 0 Å². The van der Waals surface area contributed by atoms with E-state index in [1.807, 2.05) is 0 Å². The molecule has 0 saturated carbocycles. The summed E-state index contributed by atoms with van der Waals surface area (Å²) in [5, 5.41) is 25.5. The van der Waals surface area contributed by atoms with Crippen molar-refractivity contribution >= 4 is 17.9 Å². The molecule has 0 aliphatic heterocycles. The van der Waals surface area contributed by atoms with Crippen molar-refractivity contribution in [1.82, 2.24) is 0 Å². The van der Waals surface area contributed by atoms with Crippen molar-refractivity contribution in [3.05, 3.63) is 0 Å². The van der Waals surface area contributed by atoms with Crippen LogP contribution < -0.4 is 0 Å². The first-order valence-corrected chi connectivity index (χ1v) is 24.0. The molecule has 0 aromatic carbocycles. The number of carboxylic acid groups (broad SMARTS) is 3. The minimum absolute atomic E-state index is 0. The van der Waals surface area contributed by atoms with E-state index in [0.29, 0.717) is 19.3 Å². The van der Waals surface area contributed by atoms with Crippen molar-refractivity contribution in [2.24, 2.45) is 0 Å². The van der Waals surface area contributed by atoms with E-state index in [1.165, 1.54) is 212 Å². The Morgan fingerprint density at radius 1 is 0.236 bits per heavy atom. The van der Waals surface area contributed by atoms with Crippen LogP contribution in [-0.2, 0) is 14.4 Å². The van der Waals surface area contributed by atoms with Gasteiger partial charge in [-0.05, 0) is 19.3 Å². The van der Waals surface area contributed by atoms with Crippen LogP contribution in [0.1, 0.15) is 290 Å². The van der Waals surface area contributed by atoms with E-state index in [4.69, 9.17) is 15.3 Å². The number of hydrogen-bond acceptors (Lipinski definition) is 3. The molecule has 1 radical (unpaired) electrons. The van der Waals surface area contributed by atoms with Crippen molar-refractivity contribution in [3.63, 3.8) is 0 Å². The van der Waals surface area contributed by atoms with Gasteiger partial charge in [0.25, 0.3) is 0 Å². The van der Waals surface area contributed by atoms with Gasteiger partial charge in [0, 0.05) is 54.9 Å². The normalized spacial score (nSPS) is 10.5. The Balaban J connectivity index is -0.000000351. The molecular weight excluding hydrogens is 811 g/mol. The number of rotatable bonds is 42. The first-order chi connectivity index (χ1) is 26.3. The van der Waals surface area contributed by atoms with Crippen LogP contribution in [0.3, 0.4) is 0 Å². The van der Waals surface area contributed by atoms with Crippen LogP contribution in [0.4, 0.5) is 0 Å². The molecule has 0 saturated heterocycles. The van der Waals surface area contributed by atoms with Crippen LogP contribution in [-0.4, -0.2) is 33.2 Å². The predicted octanol–water partition coefficient (Wildman–Crippen LogP) is 16.7. The van der Waals surface area contributed by atoms with E-state index in [9.17, 15) is 14.4 Å². The summed E-state index contributed by atoms with van der Waals surface area (Å²) in [7, 11) is 0. The fourth-order valence-corrected chi connectivity index (χ4v) is 6.88. The minimum Gasteiger partial charge on any atom is -0.481 e. The van der Waals surface area contributed by atoms with Crippen LogP contribution in [0, 0.1) is 35.6 Å². The van der Waals surface area contributed by atoms with E-state index in [1.54, 1.807) is 0 Å². The van der Waals surface area contributed by atoms with E-state index in [0.717, 1.165) is 38.5 Å². The van der Waals surface area contributed by atoms with Crippen molar-refractivity contribution < 1.29 is 65.3 Å². The third kappa shape index (κ3) is 71.7. The Kier molecular flexibility index (Phi) is 64.5. The van der Waals surface area contributed by atoms with Crippen LogP contribution in [0.2, 0.25) is 0 Å². The largest absolute Gasteiger partial charge is 0.481 e. The molecule has 0 aliphatic rings. The summed E-state index contributed by atoms with van der Waals surface area (Å²) >= 11 is 0. The number of unbranched alkanes of at least 4 members (excludes halogenated alkanes) is 36. The Morgan fingerprint density at radius 2 is 0.345 bits per heavy atom. The molecule has 0 atom stereocenters. The van der Waals surface area contributed by atoms with Gasteiger partial charge < -0.3 is 15.3 Å². The molecule has 0 bridgehead atoms. The molecule has 0 heterocycles. The summed E-state index contributed by atoms with van der Waals surface area (Å²) < 4.78 is 0. The van der Waals surface area contributed by atoms with E-state index in [2.05, 4.69) is 20.8 Å². The molecule has 0 spiro atoms. The van der Waals surface area contributed by atoms with E-state index >= 15 is 0 Å². The topological polar surface area (TPSA) is 112 Å². The third-order valence-corrected chi connectivity index (χ3v) is 10.5. The second-order valence-corrected chi connectivity index (χ2v) is 16.2. The van der Waals surface area contributed by atoms with Gasteiger partial charge in [-0.25, -0.2) is 0 Å². The van der Waals surface area contributed by atoms with Gasteiger partial charge >= 0.3 is 17.9 Å². The van der Waals surface area contributed by atoms with Crippen molar-refractivity contribution in [2.75, 3.05) is 0 Å². The smallest absolute Gasteiger partial charge is 0.303 e. The average Bonchev–Trinajstić information content (AvgIpc) is 3.14. The standard InChI is InChI=1S/3C16H32O2.La/c3*1-2-3-4-5-6-7-8-9-10-11-12-13-14-15-16(17)18;/h3*2-15H2,1H3,(H,17,18);. The Labute approximate surface area is 371 Å². The number of carboxylic acids is 3. The zero-order valence-corrected chi connectivity index (χ0v) is 41.0. The quantitative estimate of drug-likeness (QED) is 0.0526. The number of hydrogen-bond donors (Lipinski definition) is 3. The molecule has 0 aromatic rings. The predicted molar refractivity (Wildman–Crippen MR) is 234 cm³/mol. The fourth-order valence-electron chi connectivity index (χ4n) is 6.88. The fraction of sp³-hybridized carbons (Fsp3) is 0.938. The third-order valence-electron chi connectivity index (χ3n) is 10.5. The van der Waals surface area contributed by atoms with Gasteiger partial charge in [-0.2, -0.15) is 0 Å². The van der Waals surface area contributed by atoms with Crippen LogP contribution >= 0.6 is 0 Å². The zero-order valence-electron chi connectivity index (χ0n) is 37.3. The van der Waals surface area contributed by atoms with E-state index < -0.39 is 17.9 Å². The monoisotopic (exact) mass is 908 g/mol. The molecule has 7 heteroatoms. The first-order valence-electron chi connectivity index (χ1n) is 24.0. The second-order valence-electron chi connectivity index (χ2n) is 16.2. The number of aliphatic carboxylic acids is 3. The van der Waals surface area contributed by atoms with Gasteiger partial charge in [0.1, 0.15) is 0 Å². The summed E-state index contributed by atoms with van der Waals surface area (Å²) in [5.74, 6) is -1.96. The van der Waals surface area contributed by atoms with Crippen molar-refractivity contribution in [2.45, 2.75) is 290 Å². The average molecular weight is 908 g/mol. The maximum Gasteiger partial charge on any atom is 0.303 e. The summed E-state index contributed by atoms with van der Waals surface area (Å²) in [6, 6.07) is 0. The molecule has 6 nitrogen and oxygen atoms in total. The zero-order chi connectivity index (χ0) is 40.4. The van der Waals surface area contributed by atoms with Gasteiger partial charge in [0.05, 0.1) is 0 Å². The summed E-state index contributed by atoms with van der Waals surface area (Å²) in [4.78, 5) is 30.9. The SMILES string of the molecule is CCCCCCCCCCCCCCCC(=O)O.CCCCCCCCCCCCCCCC(=O)O.CCCCCCCCCCCCCCCC(=O)O.[La]. The summed E-state index contributed by atoms with van der Waals surface area (Å²) in [5.41, 5.74) is 0. The van der Waals surface area contributed by atoms with Gasteiger partial charge in [-0.3, -0.25) is 14.4 Å². The minimum atomic E-state index is -0.655.